The van der Waals surface area contributed by atoms with E-state index in [0.717, 1.165) is 12.8 Å². The Labute approximate surface area is 164 Å². The third kappa shape index (κ3) is 5.11. The monoisotopic (exact) mass is 405 g/mol. The van der Waals surface area contributed by atoms with Gasteiger partial charge in [-0.1, -0.05) is 17.7 Å². The lowest BCUT2D eigenvalue weighted by Gasteiger charge is -2.18. The highest BCUT2D eigenvalue weighted by atomic mass is 35.5. The molecule has 0 radical (unpaired) electrons. The Kier molecular flexibility index (Phi) is 5.82. The lowest BCUT2D eigenvalue weighted by Crippen LogP contribution is -2.38. The van der Waals surface area contributed by atoms with Crippen LogP contribution < -0.4 is 15.6 Å². The van der Waals surface area contributed by atoms with Crippen LogP contribution in [0.25, 0.3) is 0 Å². The van der Waals surface area contributed by atoms with Crippen LogP contribution in [-0.4, -0.2) is 35.0 Å². The van der Waals surface area contributed by atoms with E-state index in [1.54, 1.807) is 29.6 Å². The molecule has 0 saturated heterocycles. The number of anilines is 2. The van der Waals surface area contributed by atoms with Gasteiger partial charge in [0.25, 0.3) is 0 Å². The lowest BCUT2D eigenvalue weighted by molar-refractivity contribution is -0.139. The summed E-state index contributed by atoms with van der Waals surface area (Å²) in [7, 11) is 0. The van der Waals surface area contributed by atoms with Gasteiger partial charge in [0.15, 0.2) is 5.13 Å². The molecule has 1 fully saturated rings. The highest BCUT2D eigenvalue weighted by Crippen LogP contribution is 2.30. The summed E-state index contributed by atoms with van der Waals surface area (Å²) < 4.78 is 0. The number of rotatable bonds is 5. The van der Waals surface area contributed by atoms with Crippen molar-refractivity contribution in [1.29, 1.82) is 0 Å². The molecule has 1 saturated carbocycles. The van der Waals surface area contributed by atoms with Gasteiger partial charge in [-0.25, -0.2) is 10.4 Å². The number of hydrogen-bond acceptors (Lipinski definition) is 6. The Morgan fingerprint density at radius 1 is 1.33 bits per heavy atom. The first-order chi connectivity index (χ1) is 12.9. The second-order valence-electron chi connectivity index (χ2n) is 5.84. The third-order valence-electron chi connectivity index (χ3n) is 3.56. The molecule has 2 N–H and O–H groups in total. The Balaban J connectivity index is 1.66. The van der Waals surface area contributed by atoms with Gasteiger partial charge in [-0.15, -0.1) is 11.3 Å². The van der Waals surface area contributed by atoms with Crippen LogP contribution in [0.1, 0.15) is 25.5 Å². The molecule has 1 heterocycles. The van der Waals surface area contributed by atoms with Crippen LogP contribution in [0.3, 0.4) is 0 Å². The molecule has 8 nitrogen and oxygen atoms in total. The van der Waals surface area contributed by atoms with Gasteiger partial charge in [-0.05, 0) is 31.0 Å². The molecule has 0 unspecified atom stereocenters. The first kappa shape index (κ1) is 19.0. The summed E-state index contributed by atoms with van der Waals surface area (Å²) in [6.45, 7) is 1.43. The van der Waals surface area contributed by atoms with E-state index in [4.69, 9.17) is 11.6 Å². The maximum atomic E-state index is 12.1. The fourth-order valence-electron chi connectivity index (χ4n) is 2.17. The summed E-state index contributed by atoms with van der Waals surface area (Å²) in [4.78, 5) is 40.9. The molecule has 3 amide bonds. The van der Waals surface area contributed by atoms with Gasteiger partial charge in [0.05, 0.1) is 17.6 Å². The minimum atomic E-state index is -0.835. The topological polar surface area (TPSA) is 104 Å². The van der Waals surface area contributed by atoms with E-state index >= 15 is 0 Å². The number of benzene rings is 1. The average molecular weight is 406 g/mol. The number of nitrogens with zero attached hydrogens (tertiary/aromatic N) is 3. The van der Waals surface area contributed by atoms with Crippen LogP contribution >= 0.6 is 22.9 Å². The first-order valence-corrected chi connectivity index (χ1v) is 9.35. The molecule has 2 aromatic rings. The molecule has 27 heavy (non-hydrogen) atoms. The van der Waals surface area contributed by atoms with Crippen molar-refractivity contribution in [2.24, 2.45) is 5.10 Å². The molecule has 1 aromatic carbocycles. The smallest absolute Gasteiger partial charge is 0.329 e. The van der Waals surface area contributed by atoms with Gasteiger partial charge in [-0.2, -0.15) is 5.10 Å². The number of thiazole rings is 1. The molecule has 1 aromatic heterocycles. The van der Waals surface area contributed by atoms with E-state index in [-0.39, 0.29) is 11.9 Å². The van der Waals surface area contributed by atoms with Crippen LogP contribution in [0.5, 0.6) is 0 Å². The van der Waals surface area contributed by atoms with E-state index in [0.29, 0.717) is 21.5 Å². The molecule has 10 heteroatoms. The van der Waals surface area contributed by atoms with Crippen molar-refractivity contribution >= 4 is 57.7 Å². The van der Waals surface area contributed by atoms with Crippen molar-refractivity contribution < 1.29 is 14.4 Å². The number of hydrogen-bond donors (Lipinski definition) is 2. The van der Waals surface area contributed by atoms with Crippen LogP contribution in [0.2, 0.25) is 5.02 Å². The number of amides is 3. The van der Waals surface area contributed by atoms with Gasteiger partial charge in [0.2, 0.25) is 5.91 Å². The molecule has 0 bridgehead atoms. The van der Waals surface area contributed by atoms with E-state index in [2.05, 4.69) is 20.8 Å². The molecule has 1 aliphatic carbocycles. The molecule has 3 rings (SSSR count). The third-order valence-corrected chi connectivity index (χ3v) is 4.64. The summed E-state index contributed by atoms with van der Waals surface area (Å²) >= 11 is 7.23. The second kappa shape index (κ2) is 8.28. The normalized spacial score (nSPS) is 13.4. The highest BCUT2D eigenvalue weighted by Gasteiger charge is 2.26. The molecular weight excluding hydrogens is 390 g/mol. The van der Waals surface area contributed by atoms with Crippen LogP contribution in [-0.2, 0) is 14.4 Å². The van der Waals surface area contributed by atoms with E-state index in [9.17, 15) is 14.4 Å². The Morgan fingerprint density at radius 2 is 2.11 bits per heavy atom. The second-order valence-corrected chi connectivity index (χ2v) is 7.11. The maximum Gasteiger partial charge on any atom is 0.329 e. The van der Waals surface area contributed by atoms with Crippen molar-refractivity contribution in [2.45, 2.75) is 25.8 Å². The minimum Gasteiger partial charge on any atom is -0.345 e. The maximum absolute atomic E-state index is 12.1. The fourth-order valence-corrected chi connectivity index (χ4v) is 3.19. The Morgan fingerprint density at radius 3 is 2.78 bits per heavy atom. The van der Waals surface area contributed by atoms with Gasteiger partial charge in [0.1, 0.15) is 0 Å². The Hall–Kier alpha value is -2.78. The number of nitrogens with one attached hydrogen (secondary N) is 2. The number of halogens is 1. The summed E-state index contributed by atoms with van der Waals surface area (Å²) in [5.41, 5.74) is 3.18. The summed E-state index contributed by atoms with van der Waals surface area (Å²) in [6.07, 6.45) is 3.09. The molecule has 0 spiro atoms. The standard InChI is InChI=1S/C17H16ClN5O3S/c1-10(24)23(14-4-2-3-11(18)7-14)17-21-13(9-27-17)8-19-22-16(26)15(25)20-12-5-6-12/h2-4,7-9,12H,5-6H2,1H3,(H,20,25)(H,22,26)/b19-8-. The highest BCUT2D eigenvalue weighted by molar-refractivity contribution is 7.14. The lowest BCUT2D eigenvalue weighted by atomic mass is 10.3. The van der Waals surface area contributed by atoms with Gasteiger partial charge < -0.3 is 5.32 Å². The largest absolute Gasteiger partial charge is 0.345 e. The van der Waals surface area contributed by atoms with Crippen molar-refractivity contribution in [1.82, 2.24) is 15.7 Å². The predicted octanol–water partition coefficient (Wildman–Crippen LogP) is 2.21. The minimum absolute atomic E-state index is 0.0948. The summed E-state index contributed by atoms with van der Waals surface area (Å²) in [6, 6.07) is 6.96. The molecule has 1 aliphatic rings. The molecule has 140 valence electrons. The quantitative estimate of drug-likeness (QED) is 0.452. The zero-order chi connectivity index (χ0) is 19.4. The van der Waals surface area contributed by atoms with Gasteiger partial charge in [0, 0.05) is 23.4 Å². The van der Waals surface area contributed by atoms with Crippen LogP contribution in [0.15, 0.2) is 34.7 Å². The number of carbonyl (C=O) groups excluding carboxylic acids is 3. The zero-order valence-electron chi connectivity index (χ0n) is 14.3. The number of carbonyl (C=O) groups is 3. The van der Waals surface area contributed by atoms with Crippen molar-refractivity contribution in [3.8, 4) is 0 Å². The van der Waals surface area contributed by atoms with E-state index < -0.39 is 11.8 Å². The Bertz CT molecular complexity index is 909. The van der Waals surface area contributed by atoms with Crippen molar-refractivity contribution in [2.75, 3.05) is 4.90 Å². The van der Waals surface area contributed by atoms with Crippen molar-refractivity contribution in [3.05, 3.63) is 40.4 Å². The van der Waals surface area contributed by atoms with E-state index in [1.807, 2.05) is 0 Å². The molecular formula is C17H16ClN5O3S. The predicted molar refractivity (Wildman–Crippen MR) is 103 cm³/mol. The summed E-state index contributed by atoms with van der Waals surface area (Å²) in [5.74, 6) is -1.77. The SMILES string of the molecule is CC(=O)N(c1cccc(Cl)c1)c1nc(/C=N\NC(=O)C(=O)NC2CC2)cs1. The van der Waals surface area contributed by atoms with Crippen molar-refractivity contribution in [3.63, 3.8) is 0 Å². The first-order valence-electron chi connectivity index (χ1n) is 8.09. The molecule has 0 aliphatic heterocycles. The zero-order valence-corrected chi connectivity index (χ0v) is 15.9. The number of hydrazone groups is 1. The number of aromatic nitrogens is 1. The average Bonchev–Trinajstić information content (AvgIpc) is 3.31. The van der Waals surface area contributed by atoms with Gasteiger partial charge in [-0.3, -0.25) is 19.3 Å². The summed E-state index contributed by atoms with van der Waals surface area (Å²) in [5, 5.41) is 8.91. The van der Waals surface area contributed by atoms with Crippen LogP contribution in [0.4, 0.5) is 10.8 Å². The fraction of sp³-hybridized carbons (Fsp3) is 0.235. The van der Waals surface area contributed by atoms with Gasteiger partial charge >= 0.3 is 11.8 Å². The van der Waals surface area contributed by atoms with Crippen LogP contribution in [0, 0.1) is 0 Å². The molecule has 0 atom stereocenters. The van der Waals surface area contributed by atoms with E-state index in [1.165, 1.54) is 29.4 Å².